The number of pyridine rings is 1. The highest BCUT2D eigenvalue weighted by atomic mass is 16.1. The van der Waals surface area contributed by atoms with E-state index in [-0.39, 0.29) is 11.9 Å². The summed E-state index contributed by atoms with van der Waals surface area (Å²) in [7, 11) is 1.79. The molecule has 17 heavy (non-hydrogen) atoms. The topological polar surface area (TPSA) is 54.0 Å². The van der Waals surface area contributed by atoms with Crippen molar-refractivity contribution >= 4 is 11.7 Å². The van der Waals surface area contributed by atoms with Gasteiger partial charge in [-0.05, 0) is 32.4 Å². The summed E-state index contributed by atoms with van der Waals surface area (Å²) in [6.07, 6.45) is 2.06. The molecule has 0 aromatic carbocycles. The summed E-state index contributed by atoms with van der Waals surface area (Å²) in [5.41, 5.74) is 1.50. The Morgan fingerprint density at radius 3 is 2.76 bits per heavy atom. The summed E-state index contributed by atoms with van der Waals surface area (Å²) in [6.45, 7) is 6.01. The van der Waals surface area contributed by atoms with Crippen molar-refractivity contribution in [2.45, 2.75) is 39.7 Å². The summed E-state index contributed by atoms with van der Waals surface area (Å²) in [5.74, 6) is 0.686. The molecule has 1 amide bonds. The number of aryl methyl sites for hydroxylation is 1. The highest BCUT2D eigenvalue weighted by molar-refractivity contribution is 5.95. The quantitative estimate of drug-likeness (QED) is 0.823. The molecule has 0 saturated carbocycles. The van der Waals surface area contributed by atoms with Crippen LogP contribution in [0.4, 0.5) is 5.82 Å². The summed E-state index contributed by atoms with van der Waals surface area (Å²) >= 11 is 0. The summed E-state index contributed by atoms with van der Waals surface area (Å²) in [5, 5.41) is 5.93. The minimum atomic E-state index is -0.0343. The van der Waals surface area contributed by atoms with E-state index in [1.807, 2.05) is 13.8 Å². The van der Waals surface area contributed by atoms with Crippen LogP contribution in [0.1, 0.15) is 42.7 Å². The zero-order chi connectivity index (χ0) is 12.8. The first-order valence-corrected chi connectivity index (χ1v) is 6.04. The number of hydrogen-bond donors (Lipinski definition) is 2. The van der Waals surface area contributed by atoms with E-state index >= 15 is 0 Å². The Morgan fingerprint density at radius 1 is 1.47 bits per heavy atom. The predicted octanol–water partition coefficient (Wildman–Crippen LogP) is 2.35. The van der Waals surface area contributed by atoms with Gasteiger partial charge in [0.05, 0.1) is 0 Å². The van der Waals surface area contributed by atoms with E-state index in [9.17, 15) is 4.79 Å². The number of nitrogens with one attached hydrogen (secondary N) is 2. The average Bonchev–Trinajstić information content (AvgIpc) is 2.28. The molecule has 4 heteroatoms. The van der Waals surface area contributed by atoms with Gasteiger partial charge in [-0.1, -0.05) is 13.3 Å². The molecule has 0 saturated heterocycles. The van der Waals surface area contributed by atoms with Crippen molar-refractivity contribution < 1.29 is 4.79 Å². The lowest BCUT2D eigenvalue weighted by Crippen LogP contribution is -2.32. The lowest BCUT2D eigenvalue weighted by molar-refractivity contribution is 0.0938. The van der Waals surface area contributed by atoms with Gasteiger partial charge in [-0.25, -0.2) is 4.98 Å². The van der Waals surface area contributed by atoms with E-state index in [0.29, 0.717) is 5.56 Å². The van der Waals surface area contributed by atoms with Crippen molar-refractivity contribution in [3.8, 4) is 0 Å². The maximum Gasteiger partial charge on any atom is 0.251 e. The molecule has 2 N–H and O–H groups in total. The molecular formula is C13H21N3O. The standard InChI is InChI=1S/C13H21N3O/c1-5-6-9(2)16-13(17)11-7-10(3)15-12(8-11)14-4/h7-9H,5-6H2,1-4H3,(H,14,15)(H,16,17). The van der Waals surface area contributed by atoms with Gasteiger partial charge < -0.3 is 10.6 Å². The number of rotatable bonds is 5. The zero-order valence-electron chi connectivity index (χ0n) is 11.0. The molecule has 1 aromatic rings. The Hall–Kier alpha value is -1.58. The Kier molecular flexibility index (Phi) is 4.94. The first-order valence-electron chi connectivity index (χ1n) is 6.04. The van der Waals surface area contributed by atoms with E-state index in [4.69, 9.17) is 0 Å². The largest absolute Gasteiger partial charge is 0.373 e. The smallest absolute Gasteiger partial charge is 0.251 e. The minimum absolute atomic E-state index is 0.0343. The van der Waals surface area contributed by atoms with E-state index in [0.717, 1.165) is 24.4 Å². The van der Waals surface area contributed by atoms with Gasteiger partial charge >= 0.3 is 0 Å². The third kappa shape index (κ3) is 4.06. The van der Waals surface area contributed by atoms with Crippen LogP contribution in [0.3, 0.4) is 0 Å². The fourth-order valence-corrected chi connectivity index (χ4v) is 1.74. The van der Waals surface area contributed by atoms with E-state index < -0.39 is 0 Å². The second-order valence-corrected chi connectivity index (χ2v) is 4.30. The number of carbonyl (C=O) groups is 1. The van der Waals surface area contributed by atoms with Gasteiger partial charge in [-0.2, -0.15) is 0 Å². The lowest BCUT2D eigenvalue weighted by atomic mass is 10.1. The first-order chi connectivity index (χ1) is 8.06. The molecule has 1 heterocycles. The number of carbonyl (C=O) groups excluding carboxylic acids is 1. The van der Waals surface area contributed by atoms with Crippen LogP contribution in [0.15, 0.2) is 12.1 Å². The van der Waals surface area contributed by atoms with Crippen LogP contribution < -0.4 is 10.6 Å². The maximum atomic E-state index is 12.0. The van der Waals surface area contributed by atoms with E-state index in [2.05, 4.69) is 22.5 Å². The van der Waals surface area contributed by atoms with Gasteiger partial charge in [0.15, 0.2) is 0 Å². The summed E-state index contributed by atoms with van der Waals surface area (Å²) < 4.78 is 0. The van der Waals surface area contributed by atoms with Gasteiger partial charge in [0.1, 0.15) is 5.82 Å². The van der Waals surface area contributed by atoms with Crippen molar-refractivity contribution in [2.75, 3.05) is 12.4 Å². The number of aromatic nitrogens is 1. The molecule has 0 aliphatic carbocycles. The molecule has 1 aromatic heterocycles. The van der Waals surface area contributed by atoms with Crippen molar-refractivity contribution in [3.05, 3.63) is 23.4 Å². The molecule has 0 bridgehead atoms. The fraction of sp³-hybridized carbons (Fsp3) is 0.538. The Balaban J connectivity index is 2.78. The highest BCUT2D eigenvalue weighted by Crippen LogP contribution is 2.10. The molecule has 0 radical (unpaired) electrons. The Labute approximate surface area is 103 Å². The van der Waals surface area contributed by atoms with Gasteiger partial charge in [0, 0.05) is 24.3 Å². The monoisotopic (exact) mass is 235 g/mol. The SMILES string of the molecule is CCCC(C)NC(=O)c1cc(C)nc(NC)c1. The number of nitrogens with zero attached hydrogens (tertiary/aromatic N) is 1. The molecule has 1 atom stereocenters. The second kappa shape index (κ2) is 6.23. The molecule has 0 aliphatic heterocycles. The van der Waals surface area contributed by atoms with Crippen LogP contribution in [0, 0.1) is 6.92 Å². The Bertz CT molecular complexity index is 390. The third-order valence-electron chi connectivity index (χ3n) is 2.57. The molecule has 1 unspecified atom stereocenters. The third-order valence-corrected chi connectivity index (χ3v) is 2.57. The van der Waals surface area contributed by atoms with Crippen molar-refractivity contribution in [3.63, 3.8) is 0 Å². The molecule has 0 fully saturated rings. The Morgan fingerprint density at radius 2 is 2.18 bits per heavy atom. The molecule has 4 nitrogen and oxygen atoms in total. The number of anilines is 1. The summed E-state index contributed by atoms with van der Waals surface area (Å²) in [4.78, 5) is 16.2. The first kappa shape index (κ1) is 13.5. The normalized spacial score (nSPS) is 12.0. The minimum Gasteiger partial charge on any atom is -0.373 e. The van der Waals surface area contributed by atoms with Gasteiger partial charge in [-0.15, -0.1) is 0 Å². The van der Waals surface area contributed by atoms with Crippen LogP contribution in [-0.2, 0) is 0 Å². The van der Waals surface area contributed by atoms with Crippen LogP contribution >= 0.6 is 0 Å². The molecular weight excluding hydrogens is 214 g/mol. The lowest BCUT2D eigenvalue weighted by Gasteiger charge is -2.13. The van der Waals surface area contributed by atoms with Crippen molar-refractivity contribution in [2.24, 2.45) is 0 Å². The van der Waals surface area contributed by atoms with Crippen LogP contribution in [0.2, 0.25) is 0 Å². The van der Waals surface area contributed by atoms with Gasteiger partial charge in [0.25, 0.3) is 5.91 Å². The van der Waals surface area contributed by atoms with E-state index in [1.165, 1.54) is 0 Å². The molecule has 0 spiro atoms. The van der Waals surface area contributed by atoms with Crippen LogP contribution in [0.25, 0.3) is 0 Å². The molecule has 1 rings (SSSR count). The molecule has 0 aliphatic rings. The van der Waals surface area contributed by atoms with Crippen LogP contribution in [-0.4, -0.2) is 24.0 Å². The molecule has 94 valence electrons. The number of hydrogen-bond acceptors (Lipinski definition) is 3. The number of amides is 1. The van der Waals surface area contributed by atoms with Gasteiger partial charge in [-0.3, -0.25) is 4.79 Å². The van der Waals surface area contributed by atoms with Crippen molar-refractivity contribution in [1.82, 2.24) is 10.3 Å². The summed E-state index contributed by atoms with van der Waals surface area (Å²) in [6, 6.07) is 3.77. The predicted molar refractivity (Wildman–Crippen MR) is 70.4 cm³/mol. The van der Waals surface area contributed by atoms with Gasteiger partial charge in [0.2, 0.25) is 0 Å². The highest BCUT2D eigenvalue weighted by Gasteiger charge is 2.10. The van der Waals surface area contributed by atoms with Crippen molar-refractivity contribution in [1.29, 1.82) is 0 Å². The maximum absolute atomic E-state index is 12.0. The fourth-order valence-electron chi connectivity index (χ4n) is 1.74. The van der Waals surface area contributed by atoms with Crippen LogP contribution in [0.5, 0.6) is 0 Å². The zero-order valence-corrected chi connectivity index (χ0v) is 11.0. The average molecular weight is 235 g/mol. The van der Waals surface area contributed by atoms with E-state index in [1.54, 1.807) is 19.2 Å². The second-order valence-electron chi connectivity index (χ2n) is 4.30.